The number of rotatable bonds is 2. The number of ether oxygens (including phenoxy) is 1. The van der Waals surface area contributed by atoms with Gasteiger partial charge in [-0.2, -0.15) is 4.98 Å². The highest BCUT2D eigenvalue weighted by Gasteiger charge is 2.25. The minimum Gasteiger partial charge on any atom is -0.481 e. The SMILES string of the molecule is COc1ccc2ncc(=O)n(-c3cnc4c(c3)C[C@H](O)[C@@H](N)C4)c2n1. The number of methoxy groups -OCH3 is 1. The highest BCUT2D eigenvalue weighted by molar-refractivity contribution is 5.72. The number of hydrogen-bond donors (Lipinski definition) is 2. The Balaban J connectivity index is 1.92. The minimum atomic E-state index is -0.617. The summed E-state index contributed by atoms with van der Waals surface area (Å²) in [7, 11) is 1.51. The first-order valence-corrected chi connectivity index (χ1v) is 7.91. The minimum absolute atomic E-state index is 0.317. The van der Waals surface area contributed by atoms with Gasteiger partial charge in [0.15, 0.2) is 5.65 Å². The second kappa shape index (κ2) is 5.91. The molecule has 8 nitrogen and oxygen atoms in total. The Kier molecular flexibility index (Phi) is 3.70. The molecule has 3 heterocycles. The van der Waals surface area contributed by atoms with E-state index in [1.807, 2.05) is 6.07 Å². The molecule has 4 rings (SSSR count). The van der Waals surface area contributed by atoms with Crippen molar-refractivity contribution in [2.45, 2.75) is 25.0 Å². The van der Waals surface area contributed by atoms with E-state index < -0.39 is 6.10 Å². The number of fused-ring (bicyclic) bond motifs is 2. The van der Waals surface area contributed by atoms with Gasteiger partial charge in [-0.3, -0.25) is 14.3 Å². The number of nitrogens with zero attached hydrogens (tertiary/aromatic N) is 4. The van der Waals surface area contributed by atoms with E-state index in [1.54, 1.807) is 18.3 Å². The van der Waals surface area contributed by atoms with E-state index >= 15 is 0 Å². The lowest BCUT2D eigenvalue weighted by Crippen LogP contribution is -2.42. The summed E-state index contributed by atoms with van der Waals surface area (Å²) in [6.45, 7) is 0. The highest BCUT2D eigenvalue weighted by Crippen LogP contribution is 2.23. The van der Waals surface area contributed by atoms with Gasteiger partial charge in [0.05, 0.1) is 31.3 Å². The van der Waals surface area contributed by atoms with Gasteiger partial charge in [-0.15, -0.1) is 0 Å². The summed E-state index contributed by atoms with van der Waals surface area (Å²) >= 11 is 0. The Morgan fingerprint density at radius 1 is 1.28 bits per heavy atom. The Labute approximate surface area is 142 Å². The second-order valence-corrected chi connectivity index (χ2v) is 6.07. The van der Waals surface area contributed by atoms with Gasteiger partial charge in [-0.05, 0) is 17.7 Å². The summed E-state index contributed by atoms with van der Waals surface area (Å²) in [4.78, 5) is 25.4. The van der Waals surface area contributed by atoms with Crippen LogP contribution in [0.3, 0.4) is 0 Å². The van der Waals surface area contributed by atoms with Crippen LogP contribution in [-0.4, -0.2) is 43.9 Å². The summed E-state index contributed by atoms with van der Waals surface area (Å²) in [5, 5.41) is 10.0. The number of aliphatic hydroxyl groups is 1. The van der Waals surface area contributed by atoms with E-state index in [-0.39, 0.29) is 11.6 Å². The van der Waals surface area contributed by atoms with Crippen LogP contribution in [0.2, 0.25) is 0 Å². The molecule has 25 heavy (non-hydrogen) atoms. The van der Waals surface area contributed by atoms with Crippen LogP contribution in [0.4, 0.5) is 0 Å². The average molecular weight is 339 g/mol. The van der Waals surface area contributed by atoms with Crippen molar-refractivity contribution in [1.29, 1.82) is 0 Å². The van der Waals surface area contributed by atoms with Gasteiger partial charge in [-0.25, -0.2) is 4.98 Å². The van der Waals surface area contributed by atoms with Crippen molar-refractivity contribution in [2.24, 2.45) is 5.73 Å². The van der Waals surface area contributed by atoms with Crippen LogP contribution >= 0.6 is 0 Å². The molecule has 0 fully saturated rings. The molecule has 0 bridgehead atoms. The van der Waals surface area contributed by atoms with E-state index in [0.717, 1.165) is 11.3 Å². The van der Waals surface area contributed by atoms with Crippen LogP contribution in [0.5, 0.6) is 5.88 Å². The van der Waals surface area contributed by atoms with Crippen LogP contribution in [-0.2, 0) is 12.8 Å². The fourth-order valence-corrected chi connectivity index (χ4v) is 3.08. The zero-order valence-corrected chi connectivity index (χ0v) is 13.6. The van der Waals surface area contributed by atoms with Crippen molar-refractivity contribution in [3.63, 3.8) is 0 Å². The first kappa shape index (κ1) is 15.7. The first-order valence-electron chi connectivity index (χ1n) is 7.91. The first-order chi connectivity index (χ1) is 12.1. The zero-order chi connectivity index (χ0) is 17.6. The molecular formula is C17H17N5O3. The molecule has 0 radical (unpaired) electrons. The lowest BCUT2D eigenvalue weighted by atomic mass is 9.90. The number of aliphatic hydroxyl groups excluding tert-OH is 1. The molecule has 8 heteroatoms. The molecule has 3 N–H and O–H groups in total. The van der Waals surface area contributed by atoms with Gasteiger partial charge in [-0.1, -0.05) is 0 Å². The monoisotopic (exact) mass is 339 g/mol. The number of pyridine rings is 2. The van der Waals surface area contributed by atoms with Crippen LogP contribution in [0, 0.1) is 0 Å². The maximum absolute atomic E-state index is 12.4. The molecule has 1 aliphatic rings. The van der Waals surface area contributed by atoms with Crippen LogP contribution in [0.25, 0.3) is 16.9 Å². The smallest absolute Gasteiger partial charge is 0.275 e. The lowest BCUT2D eigenvalue weighted by Gasteiger charge is -2.26. The topological polar surface area (TPSA) is 116 Å². The third-order valence-corrected chi connectivity index (χ3v) is 4.44. The Morgan fingerprint density at radius 2 is 2.12 bits per heavy atom. The van der Waals surface area contributed by atoms with Gasteiger partial charge >= 0.3 is 0 Å². The normalized spacial score (nSPS) is 19.6. The molecule has 2 atom stereocenters. The summed E-state index contributed by atoms with van der Waals surface area (Å²) in [6.07, 6.45) is 3.17. The standard InChI is InChI=1S/C17H17N5O3/c1-25-15-3-2-12-17(21-15)22(16(24)8-20-12)10-4-9-5-14(23)11(18)6-13(9)19-7-10/h2-4,7-8,11,14,23H,5-6,18H2,1H3/t11-,14-/m0/s1. The van der Waals surface area contributed by atoms with Gasteiger partial charge in [0.25, 0.3) is 5.56 Å². The zero-order valence-electron chi connectivity index (χ0n) is 13.6. The molecule has 3 aromatic heterocycles. The summed E-state index contributed by atoms with van der Waals surface area (Å²) in [5.41, 5.74) is 8.83. The third kappa shape index (κ3) is 2.65. The maximum atomic E-state index is 12.4. The Hall–Kier alpha value is -2.84. The fraction of sp³-hybridized carbons (Fsp3) is 0.294. The highest BCUT2D eigenvalue weighted by atomic mass is 16.5. The van der Waals surface area contributed by atoms with Crippen LogP contribution < -0.4 is 16.0 Å². The molecule has 128 valence electrons. The van der Waals surface area contributed by atoms with Gasteiger partial charge in [0, 0.05) is 30.6 Å². The molecule has 3 aromatic rings. The average Bonchev–Trinajstić information content (AvgIpc) is 2.62. The molecule has 0 aromatic carbocycles. The van der Waals surface area contributed by atoms with Crippen LogP contribution in [0.15, 0.2) is 35.4 Å². The van der Waals surface area contributed by atoms with E-state index in [1.165, 1.54) is 17.9 Å². The Morgan fingerprint density at radius 3 is 2.92 bits per heavy atom. The lowest BCUT2D eigenvalue weighted by molar-refractivity contribution is 0.136. The van der Waals surface area contributed by atoms with E-state index in [9.17, 15) is 9.90 Å². The van der Waals surface area contributed by atoms with Gasteiger partial charge < -0.3 is 15.6 Å². The molecular weight excluding hydrogens is 322 g/mol. The molecule has 0 saturated carbocycles. The largest absolute Gasteiger partial charge is 0.481 e. The van der Waals surface area contributed by atoms with Crippen molar-refractivity contribution in [2.75, 3.05) is 7.11 Å². The fourth-order valence-electron chi connectivity index (χ4n) is 3.08. The molecule has 0 spiro atoms. The molecule has 0 aliphatic heterocycles. The molecule has 0 saturated heterocycles. The quantitative estimate of drug-likeness (QED) is 0.673. The maximum Gasteiger partial charge on any atom is 0.275 e. The predicted molar refractivity (Wildman–Crippen MR) is 90.9 cm³/mol. The second-order valence-electron chi connectivity index (χ2n) is 6.07. The van der Waals surface area contributed by atoms with Crippen molar-refractivity contribution in [1.82, 2.24) is 19.5 Å². The Bertz CT molecular complexity index is 1020. The summed E-state index contributed by atoms with van der Waals surface area (Å²) in [6, 6.07) is 4.96. The van der Waals surface area contributed by atoms with Crippen molar-refractivity contribution < 1.29 is 9.84 Å². The van der Waals surface area contributed by atoms with Gasteiger partial charge in [0.1, 0.15) is 5.52 Å². The van der Waals surface area contributed by atoms with Crippen molar-refractivity contribution in [3.05, 3.63) is 52.2 Å². The predicted octanol–water partition coefficient (Wildman–Crippen LogP) is -0.0289. The molecule has 0 amide bonds. The molecule has 0 unspecified atom stereocenters. The molecule has 1 aliphatic carbocycles. The van der Waals surface area contributed by atoms with Gasteiger partial charge in [0.2, 0.25) is 5.88 Å². The van der Waals surface area contributed by atoms with Crippen LogP contribution in [0.1, 0.15) is 11.3 Å². The van der Waals surface area contributed by atoms with E-state index in [2.05, 4.69) is 15.0 Å². The van der Waals surface area contributed by atoms with Crippen molar-refractivity contribution in [3.8, 4) is 11.6 Å². The third-order valence-electron chi connectivity index (χ3n) is 4.44. The number of nitrogens with two attached hydrogens (primary N) is 1. The van der Waals surface area contributed by atoms with E-state index in [0.29, 0.717) is 35.6 Å². The summed E-state index contributed by atoms with van der Waals surface area (Å²) < 4.78 is 6.60. The number of aromatic nitrogens is 4. The number of hydrogen-bond acceptors (Lipinski definition) is 7. The van der Waals surface area contributed by atoms with E-state index in [4.69, 9.17) is 10.5 Å². The van der Waals surface area contributed by atoms with Crippen molar-refractivity contribution >= 4 is 11.2 Å². The summed E-state index contributed by atoms with van der Waals surface area (Å²) in [5.74, 6) is 0.390.